The van der Waals surface area contributed by atoms with Gasteiger partial charge < -0.3 is 11.5 Å². The van der Waals surface area contributed by atoms with Crippen molar-refractivity contribution in [3.05, 3.63) is 53.2 Å². The Bertz CT molecular complexity index is 525. The molecule has 0 saturated heterocycles. The van der Waals surface area contributed by atoms with E-state index < -0.39 is 11.9 Å². The highest BCUT2D eigenvalue weighted by Gasteiger charge is 2.14. The van der Waals surface area contributed by atoms with Gasteiger partial charge in [0.1, 0.15) is 11.6 Å². The molecule has 1 atom stereocenters. The molecule has 0 aliphatic heterocycles. The normalized spacial score (nSPS) is 12.4. The number of aromatic nitrogens is 2. The first-order valence-corrected chi connectivity index (χ1v) is 5.17. The number of aryl methyl sites for hydroxylation is 1. The Kier molecular flexibility index (Phi) is 3.01. The van der Waals surface area contributed by atoms with Crippen LogP contribution in [-0.4, -0.2) is 9.97 Å². The van der Waals surface area contributed by atoms with E-state index >= 15 is 0 Å². The number of nitrogen functional groups attached to an aromatic ring is 1. The van der Waals surface area contributed by atoms with Gasteiger partial charge in [0.25, 0.3) is 0 Å². The zero-order valence-electron chi connectivity index (χ0n) is 9.39. The molecule has 2 aromatic heterocycles. The summed E-state index contributed by atoms with van der Waals surface area (Å²) >= 11 is 0. The van der Waals surface area contributed by atoms with Crippen LogP contribution < -0.4 is 11.5 Å². The molecule has 0 aliphatic rings. The van der Waals surface area contributed by atoms with Crippen LogP contribution in [0.25, 0.3) is 0 Å². The molecule has 2 aromatic rings. The standard InChI is InChI=1S/C12H13FN4/c1-7-4-9(12(15)17-5-7)11(14)10-3-2-8(13)6-16-10/h2-6,11H,14H2,1H3,(H2,15,17). The molecule has 0 radical (unpaired) electrons. The van der Waals surface area contributed by atoms with E-state index in [1.54, 1.807) is 12.3 Å². The van der Waals surface area contributed by atoms with E-state index in [-0.39, 0.29) is 0 Å². The fourth-order valence-electron chi connectivity index (χ4n) is 1.58. The maximum Gasteiger partial charge on any atom is 0.141 e. The molecule has 0 aromatic carbocycles. The van der Waals surface area contributed by atoms with Crippen molar-refractivity contribution in [2.45, 2.75) is 13.0 Å². The Labute approximate surface area is 98.5 Å². The Balaban J connectivity index is 2.39. The van der Waals surface area contributed by atoms with Gasteiger partial charge in [-0.1, -0.05) is 0 Å². The number of rotatable bonds is 2. The molecule has 0 bridgehead atoms. The van der Waals surface area contributed by atoms with E-state index in [1.807, 2.05) is 13.0 Å². The second-order valence-electron chi connectivity index (χ2n) is 3.87. The summed E-state index contributed by atoms with van der Waals surface area (Å²) in [7, 11) is 0. The van der Waals surface area contributed by atoms with Gasteiger partial charge in [-0.25, -0.2) is 9.37 Å². The Morgan fingerprint density at radius 1 is 1.24 bits per heavy atom. The molecule has 0 fully saturated rings. The fourth-order valence-corrected chi connectivity index (χ4v) is 1.58. The zero-order valence-corrected chi connectivity index (χ0v) is 9.39. The third-order valence-corrected chi connectivity index (χ3v) is 2.49. The van der Waals surface area contributed by atoms with Crippen molar-refractivity contribution < 1.29 is 4.39 Å². The molecule has 0 amide bonds. The summed E-state index contributed by atoms with van der Waals surface area (Å²) in [4.78, 5) is 7.98. The Morgan fingerprint density at radius 2 is 2.00 bits per heavy atom. The van der Waals surface area contributed by atoms with Gasteiger partial charge in [-0.15, -0.1) is 0 Å². The summed E-state index contributed by atoms with van der Waals surface area (Å²) in [5, 5.41) is 0. The van der Waals surface area contributed by atoms with Crippen molar-refractivity contribution in [3.8, 4) is 0 Å². The Morgan fingerprint density at radius 3 is 2.65 bits per heavy atom. The average molecular weight is 232 g/mol. The molecule has 4 N–H and O–H groups in total. The van der Waals surface area contributed by atoms with Gasteiger partial charge in [-0.05, 0) is 30.7 Å². The molecule has 0 spiro atoms. The van der Waals surface area contributed by atoms with Gasteiger partial charge in [0.15, 0.2) is 0 Å². The number of hydrogen-bond donors (Lipinski definition) is 2. The SMILES string of the molecule is Cc1cnc(N)c(C(N)c2ccc(F)cn2)c1. The van der Waals surface area contributed by atoms with Crippen LogP contribution in [0.4, 0.5) is 10.2 Å². The Hall–Kier alpha value is -2.01. The number of hydrogen-bond acceptors (Lipinski definition) is 4. The van der Waals surface area contributed by atoms with Crippen molar-refractivity contribution >= 4 is 5.82 Å². The second-order valence-corrected chi connectivity index (χ2v) is 3.87. The lowest BCUT2D eigenvalue weighted by Crippen LogP contribution is -2.16. The second kappa shape index (κ2) is 4.47. The molecule has 88 valence electrons. The number of halogens is 1. The van der Waals surface area contributed by atoms with E-state index in [1.165, 1.54) is 6.07 Å². The van der Waals surface area contributed by atoms with Crippen LogP contribution >= 0.6 is 0 Å². The molecule has 17 heavy (non-hydrogen) atoms. The number of anilines is 1. The van der Waals surface area contributed by atoms with Crippen molar-refractivity contribution in [3.63, 3.8) is 0 Å². The molecule has 4 nitrogen and oxygen atoms in total. The van der Waals surface area contributed by atoms with Crippen LogP contribution in [0.2, 0.25) is 0 Å². The van der Waals surface area contributed by atoms with Gasteiger partial charge in [0, 0.05) is 11.8 Å². The summed E-state index contributed by atoms with van der Waals surface area (Å²) in [6, 6.07) is 4.23. The van der Waals surface area contributed by atoms with Crippen LogP contribution in [0.3, 0.4) is 0 Å². The number of nitrogens with two attached hydrogens (primary N) is 2. The highest BCUT2D eigenvalue weighted by molar-refractivity contribution is 5.45. The van der Waals surface area contributed by atoms with Crippen LogP contribution in [0.15, 0.2) is 30.6 Å². The molecule has 5 heteroatoms. The van der Waals surface area contributed by atoms with Gasteiger partial charge >= 0.3 is 0 Å². The minimum atomic E-state index is -0.497. The van der Waals surface area contributed by atoms with Crippen molar-refractivity contribution in [1.29, 1.82) is 0 Å². The quantitative estimate of drug-likeness (QED) is 0.823. The van der Waals surface area contributed by atoms with Crippen molar-refractivity contribution in [1.82, 2.24) is 9.97 Å². The maximum absolute atomic E-state index is 12.8. The van der Waals surface area contributed by atoms with Gasteiger partial charge in [0.2, 0.25) is 0 Å². The third-order valence-electron chi connectivity index (χ3n) is 2.49. The van der Waals surface area contributed by atoms with E-state index in [0.29, 0.717) is 17.1 Å². The maximum atomic E-state index is 12.8. The predicted molar refractivity (Wildman–Crippen MR) is 63.6 cm³/mol. The van der Waals surface area contributed by atoms with Gasteiger partial charge in [-0.2, -0.15) is 0 Å². The van der Waals surface area contributed by atoms with Crippen LogP contribution in [0.5, 0.6) is 0 Å². The smallest absolute Gasteiger partial charge is 0.141 e. The third kappa shape index (κ3) is 2.39. The van der Waals surface area contributed by atoms with E-state index in [0.717, 1.165) is 11.8 Å². The summed E-state index contributed by atoms with van der Waals surface area (Å²) in [6.45, 7) is 1.90. The first kappa shape index (κ1) is 11.5. The molecular formula is C12H13FN4. The highest BCUT2D eigenvalue weighted by Crippen LogP contribution is 2.22. The summed E-state index contributed by atoms with van der Waals surface area (Å²) in [5.41, 5.74) is 14.0. The summed E-state index contributed by atoms with van der Waals surface area (Å²) < 4.78 is 12.8. The van der Waals surface area contributed by atoms with E-state index in [9.17, 15) is 4.39 Å². The largest absolute Gasteiger partial charge is 0.383 e. The summed E-state index contributed by atoms with van der Waals surface area (Å²) in [6.07, 6.45) is 2.80. The lowest BCUT2D eigenvalue weighted by atomic mass is 10.0. The first-order chi connectivity index (χ1) is 8.08. The highest BCUT2D eigenvalue weighted by atomic mass is 19.1. The minimum Gasteiger partial charge on any atom is -0.383 e. The number of pyridine rings is 2. The lowest BCUT2D eigenvalue weighted by molar-refractivity contribution is 0.617. The van der Waals surface area contributed by atoms with Gasteiger partial charge in [0.05, 0.1) is 17.9 Å². The topological polar surface area (TPSA) is 77.8 Å². The van der Waals surface area contributed by atoms with Crippen LogP contribution in [0, 0.1) is 12.7 Å². The minimum absolute atomic E-state index is 0.370. The average Bonchev–Trinajstić information content (AvgIpc) is 2.32. The lowest BCUT2D eigenvalue weighted by Gasteiger charge is -2.13. The van der Waals surface area contributed by atoms with Crippen LogP contribution in [0.1, 0.15) is 22.9 Å². The van der Waals surface area contributed by atoms with E-state index in [2.05, 4.69) is 9.97 Å². The summed E-state index contributed by atoms with van der Waals surface area (Å²) in [5.74, 6) is -0.0227. The molecular weight excluding hydrogens is 219 g/mol. The van der Waals surface area contributed by atoms with Gasteiger partial charge in [-0.3, -0.25) is 4.98 Å². The van der Waals surface area contributed by atoms with Crippen molar-refractivity contribution in [2.75, 3.05) is 5.73 Å². The van der Waals surface area contributed by atoms with Crippen LogP contribution in [-0.2, 0) is 0 Å². The fraction of sp³-hybridized carbons (Fsp3) is 0.167. The molecule has 1 unspecified atom stereocenters. The zero-order chi connectivity index (χ0) is 12.4. The molecule has 0 aliphatic carbocycles. The van der Waals surface area contributed by atoms with Crippen molar-refractivity contribution in [2.24, 2.45) is 5.73 Å². The monoisotopic (exact) mass is 232 g/mol. The molecule has 0 saturated carbocycles. The molecule has 2 rings (SSSR count). The van der Waals surface area contributed by atoms with E-state index in [4.69, 9.17) is 11.5 Å². The predicted octanol–water partition coefficient (Wildman–Crippen LogP) is 1.55. The molecule has 2 heterocycles. The number of nitrogens with zero attached hydrogens (tertiary/aromatic N) is 2. The first-order valence-electron chi connectivity index (χ1n) is 5.17.